The summed E-state index contributed by atoms with van der Waals surface area (Å²) in [6.45, 7) is 1.76. The van der Waals surface area contributed by atoms with Crippen molar-refractivity contribution in [3.05, 3.63) is 11.7 Å². The van der Waals surface area contributed by atoms with Crippen molar-refractivity contribution in [2.24, 2.45) is 0 Å². The fourth-order valence-corrected chi connectivity index (χ4v) is 1.70. The van der Waals surface area contributed by atoms with Crippen molar-refractivity contribution in [2.45, 2.75) is 38.5 Å². The van der Waals surface area contributed by atoms with Crippen LogP contribution in [0.1, 0.15) is 43.3 Å². The van der Waals surface area contributed by atoms with Crippen LogP contribution in [0.2, 0.25) is 0 Å². The van der Waals surface area contributed by atoms with Crippen LogP contribution in [-0.2, 0) is 4.79 Å². The van der Waals surface area contributed by atoms with Gasteiger partial charge >= 0.3 is 0 Å². The summed E-state index contributed by atoms with van der Waals surface area (Å²) in [4.78, 5) is 15.6. The third-order valence-corrected chi connectivity index (χ3v) is 2.40. The largest absolute Gasteiger partial charge is 0.339 e. The highest BCUT2D eigenvalue weighted by atomic mass is 16.5. The van der Waals surface area contributed by atoms with Gasteiger partial charge in [0.1, 0.15) is 5.78 Å². The lowest BCUT2D eigenvalue weighted by molar-refractivity contribution is -0.122. The smallest absolute Gasteiger partial charge is 0.237 e. The number of hydrogen-bond acceptors (Lipinski definition) is 4. The minimum atomic E-state index is -0.130. The van der Waals surface area contributed by atoms with Gasteiger partial charge in [-0.1, -0.05) is 11.6 Å². The third kappa shape index (κ3) is 1.61. The van der Waals surface area contributed by atoms with E-state index in [0.717, 1.165) is 19.3 Å². The first-order valence-electron chi connectivity index (χ1n) is 4.60. The highest BCUT2D eigenvalue weighted by Crippen LogP contribution is 2.28. The molecule has 1 heterocycles. The van der Waals surface area contributed by atoms with Gasteiger partial charge in [0.25, 0.3) is 0 Å². The van der Waals surface area contributed by atoms with Crippen LogP contribution in [-0.4, -0.2) is 15.9 Å². The van der Waals surface area contributed by atoms with Gasteiger partial charge in [-0.3, -0.25) is 4.79 Å². The van der Waals surface area contributed by atoms with E-state index >= 15 is 0 Å². The summed E-state index contributed by atoms with van der Waals surface area (Å²) in [7, 11) is 0. The molecule has 4 heteroatoms. The summed E-state index contributed by atoms with van der Waals surface area (Å²) in [6, 6.07) is 0. The first-order valence-corrected chi connectivity index (χ1v) is 4.60. The lowest BCUT2D eigenvalue weighted by Crippen LogP contribution is -2.17. The molecular weight excluding hydrogens is 168 g/mol. The number of aryl methyl sites for hydroxylation is 1. The average molecular weight is 180 g/mol. The minimum Gasteiger partial charge on any atom is -0.339 e. The van der Waals surface area contributed by atoms with Crippen molar-refractivity contribution in [3.63, 3.8) is 0 Å². The van der Waals surface area contributed by atoms with Crippen LogP contribution in [0.3, 0.4) is 0 Å². The molecule has 0 saturated heterocycles. The standard InChI is InChI=1S/C9H12N2O2/c1-6-10-9(13-11-6)7-4-2-3-5-8(7)12/h7H,2-5H2,1H3. The Morgan fingerprint density at radius 2 is 2.31 bits per heavy atom. The van der Waals surface area contributed by atoms with Gasteiger partial charge in [-0.25, -0.2) is 0 Å². The van der Waals surface area contributed by atoms with Gasteiger partial charge in [0.2, 0.25) is 5.89 Å². The zero-order valence-electron chi connectivity index (χ0n) is 7.62. The van der Waals surface area contributed by atoms with Crippen molar-refractivity contribution in [1.82, 2.24) is 10.1 Å². The second-order valence-electron chi connectivity index (χ2n) is 3.44. The Kier molecular flexibility index (Phi) is 2.12. The van der Waals surface area contributed by atoms with E-state index in [2.05, 4.69) is 10.1 Å². The van der Waals surface area contributed by atoms with E-state index in [1.807, 2.05) is 0 Å². The molecule has 1 aromatic rings. The Morgan fingerprint density at radius 3 is 2.92 bits per heavy atom. The Labute approximate surface area is 76.3 Å². The number of Topliss-reactive ketones (excluding diaryl/α,β-unsaturated/α-hetero) is 1. The van der Waals surface area contributed by atoms with Gasteiger partial charge in [-0.05, 0) is 19.8 Å². The van der Waals surface area contributed by atoms with Crippen molar-refractivity contribution >= 4 is 5.78 Å². The maximum absolute atomic E-state index is 11.5. The van der Waals surface area contributed by atoms with E-state index in [4.69, 9.17) is 4.52 Å². The number of carbonyl (C=O) groups excluding carboxylic acids is 1. The van der Waals surface area contributed by atoms with Gasteiger partial charge < -0.3 is 4.52 Å². The molecular formula is C9H12N2O2. The maximum atomic E-state index is 11.5. The van der Waals surface area contributed by atoms with E-state index in [1.165, 1.54) is 0 Å². The molecule has 0 bridgehead atoms. The Balaban J connectivity index is 2.19. The van der Waals surface area contributed by atoms with Crippen LogP contribution in [0.15, 0.2) is 4.52 Å². The third-order valence-electron chi connectivity index (χ3n) is 2.40. The lowest BCUT2D eigenvalue weighted by atomic mass is 9.88. The van der Waals surface area contributed by atoms with E-state index in [0.29, 0.717) is 18.1 Å². The fourth-order valence-electron chi connectivity index (χ4n) is 1.70. The highest BCUT2D eigenvalue weighted by Gasteiger charge is 2.28. The molecule has 1 aliphatic carbocycles. The summed E-state index contributed by atoms with van der Waals surface area (Å²) in [5, 5.41) is 3.69. The van der Waals surface area contributed by atoms with Crippen LogP contribution < -0.4 is 0 Å². The zero-order chi connectivity index (χ0) is 9.26. The molecule has 0 amide bonds. The number of rotatable bonds is 1. The fraction of sp³-hybridized carbons (Fsp3) is 0.667. The second kappa shape index (κ2) is 3.28. The van der Waals surface area contributed by atoms with Crippen molar-refractivity contribution < 1.29 is 9.32 Å². The van der Waals surface area contributed by atoms with Crippen LogP contribution in [0.4, 0.5) is 0 Å². The average Bonchev–Trinajstić information content (AvgIpc) is 2.53. The molecule has 1 saturated carbocycles. The van der Waals surface area contributed by atoms with Gasteiger partial charge in [0, 0.05) is 6.42 Å². The number of nitrogens with zero attached hydrogens (tertiary/aromatic N) is 2. The molecule has 1 atom stereocenters. The van der Waals surface area contributed by atoms with Gasteiger partial charge in [0.15, 0.2) is 5.82 Å². The molecule has 0 radical (unpaired) electrons. The first kappa shape index (κ1) is 8.41. The summed E-state index contributed by atoms with van der Waals surface area (Å²) in [6.07, 6.45) is 3.60. The van der Waals surface area contributed by atoms with Crippen LogP contribution in [0, 0.1) is 6.92 Å². The summed E-state index contributed by atoms with van der Waals surface area (Å²) in [5.74, 6) is 1.22. The lowest BCUT2D eigenvalue weighted by Gasteiger charge is -2.16. The van der Waals surface area contributed by atoms with Crippen LogP contribution in [0.5, 0.6) is 0 Å². The minimum absolute atomic E-state index is 0.130. The van der Waals surface area contributed by atoms with E-state index in [1.54, 1.807) is 6.92 Å². The predicted molar refractivity (Wildman–Crippen MR) is 45.3 cm³/mol. The maximum Gasteiger partial charge on any atom is 0.237 e. The molecule has 0 N–H and O–H groups in total. The van der Waals surface area contributed by atoms with Crippen LogP contribution >= 0.6 is 0 Å². The molecule has 4 nitrogen and oxygen atoms in total. The van der Waals surface area contributed by atoms with Gasteiger partial charge in [-0.15, -0.1) is 0 Å². The second-order valence-corrected chi connectivity index (χ2v) is 3.44. The number of carbonyl (C=O) groups is 1. The number of hydrogen-bond donors (Lipinski definition) is 0. The quantitative estimate of drug-likeness (QED) is 0.658. The van der Waals surface area contributed by atoms with Crippen molar-refractivity contribution in [1.29, 1.82) is 0 Å². The molecule has 0 aliphatic heterocycles. The van der Waals surface area contributed by atoms with E-state index < -0.39 is 0 Å². The monoisotopic (exact) mass is 180 g/mol. The zero-order valence-corrected chi connectivity index (χ0v) is 7.62. The number of aromatic nitrogens is 2. The SMILES string of the molecule is Cc1noc(C2CCCCC2=O)n1. The number of ketones is 1. The first-order chi connectivity index (χ1) is 6.27. The topological polar surface area (TPSA) is 56.0 Å². The Bertz CT molecular complexity index is 319. The molecule has 1 fully saturated rings. The summed E-state index contributed by atoms with van der Waals surface area (Å²) >= 11 is 0. The molecule has 1 unspecified atom stereocenters. The summed E-state index contributed by atoms with van der Waals surface area (Å²) < 4.78 is 4.99. The molecule has 13 heavy (non-hydrogen) atoms. The van der Waals surface area contributed by atoms with E-state index in [-0.39, 0.29) is 11.7 Å². The normalized spacial score (nSPS) is 23.5. The molecule has 1 aliphatic rings. The molecule has 2 rings (SSSR count). The van der Waals surface area contributed by atoms with Crippen molar-refractivity contribution in [2.75, 3.05) is 0 Å². The molecule has 1 aromatic heterocycles. The summed E-state index contributed by atoms with van der Waals surface area (Å²) in [5.41, 5.74) is 0. The van der Waals surface area contributed by atoms with Gasteiger partial charge in [0.05, 0.1) is 5.92 Å². The van der Waals surface area contributed by atoms with E-state index in [9.17, 15) is 4.79 Å². The highest BCUT2D eigenvalue weighted by molar-refractivity contribution is 5.85. The van der Waals surface area contributed by atoms with Crippen molar-refractivity contribution in [3.8, 4) is 0 Å². The molecule has 70 valence electrons. The Hall–Kier alpha value is -1.19. The van der Waals surface area contributed by atoms with Gasteiger partial charge in [-0.2, -0.15) is 4.98 Å². The molecule has 0 spiro atoms. The van der Waals surface area contributed by atoms with Crippen LogP contribution in [0.25, 0.3) is 0 Å². The Morgan fingerprint density at radius 1 is 1.46 bits per heavy atom. The predicted octanol–water partition coefficient (Wildman–Crippen LogP) is 1.60. The molecule has 0 aromatic carbocycles.